The molecule has 2 heterocycles. The molecule has 92 valence electrons. The van der Waals surface area contributed by atoms with Gasteiger partial charge in [-0.2, -0.15) is 0 Å². The second-order valence-corrected chi connectivity index (χ2v) is 4.23. The van der Waals surface area contributed by atoms with E-state index in [2.05, 4.69) is 15.6 Å². The predicted octanol–water partition coefficient (Wildman–Crippen LogP) is 1.40. The van der Waals surface area contributed by atoms with Crippen LogP contribution in [0.2, 0.25) is 0 Å². The molecule has 1 aromatic rings. The molecule has 0 aromatic carbocycles. The number of aromatic nitrogens is 1. The summed E-state index contributed by atoms with van der Waals surface area (Å²) in [5.41, 5.74) is 0.0767. The van der Waals surface area contributed by atoms with Gasteiger partial charge in [0.05, 0.1) is 11.0 Å². The summed E-state index contributed by atoms with van der Waals surface area (Å²) in [6.45, 7) is 2.93. The molecule has 2 N–H and O–H groups in total. The molecule has 0 unspecified atom stereocenters. The van der Waals surface area contributed by atoms with Gasteiger partial charge in [-0.1, -0.05) is 0 Å². The van der Waals surface area contributed by atoms with Gasteiger partial charge in [-0.15, -0.1) is 0 Å². The van der Waals surface area contributed by atoms with Gasteiger partial charge in [-0.25, -0.2) is 4.98 Å². The van der Waals surface area contributed by atoms with Gasteiger partial charge in [-0.05, 0) is 31.8 Å². The van der Waals surface area contributed by atoms with Crippen molar-refractivity contribution in [3.63, 3.8) is 0 Å². The lowest BCUT2D eigenvalue weighted by Crippen LogP contribution is -2.31. The third-order valence-corrected chi connectivity index (χ3v) is 2.98. The van der Waals surface area contributed by atoms with E-state index >= 15 is 0 Å². The van der Waals surface area contributed by atoms with Crippen LogP contribution in [0.1, 0.15) is 12.8 Å². The van der Waals surface area contributed by atoms with Crippen LogP contribution in [0.15, 0.2) is 18.3 Å². The number of pyridine rings is 1. The van der Waals surface area contributed by atoms with E-state index in [1.54, 1.807) is 0 Å². The van der Waals surface area contributed by atoms with E-state index in [0.717, 1.165) is 32.5 Å². The van der Waals surface area contributed by atoms with Gasteiger partial charge in [-0.3, -0.25) is 10.1 Å². The summed E-state index contributed by atoms with van der Waals surface area (Å²) in [7, 11) is 0. The molecule has 6 heteroatoms. The Hall–Kier alpha value is -1.69. The quantitative estimate of drug-likeness (QED) is 0.610. The summed E-state index contributed by atoms with van der Waals surface area (Å²) in [5, 5.41) is 17.1. The number of hydrogen-bond acceptors (Lipinski definition) is 5. The molecular formula is C11H16N4O2. The monoisotopic (exact) mass is 236 g/mol. The van der Waals surface area contributed by atoms with Crippen LogP contribution in [0, 0.1) is 16.0 Å². The van der Waals surface area contributed by atoms with E-state index in [4.69, 9.17) is 0 Å². The van der Waals surface area contributed by atoms with Gasteiger partial charge in [0.25, 0.3) is 5.69 Å². The van der Waals surface area contributed by atoms with Crippen molar-refractivity contribution in [2.24, 2.45) is 5.92 Å². The maximum absolute atomic E-state index is 10.6. The molecule has 1 saturated heterocycles. The average molecular weight is 236 g/mol. The second-order valence-electron chi connectivity index (χ2n) is 4.23. The van der Waals surface area contributed by atoms with Crippen molar-refractivity contribution in [2.45, 2.75) is 12.8 Å². The van der Waals surface area contributed by atoms with Gasteiger partial charge >= 0.3 is 0 Å². The lowest BCUT2D eigenvalue weighted by atomic mass is 9.98. The van der Waals surface area contributed by atoms with Gasteiger partial charge in [0, 0.05) is 18.8 Å². The van der Waals surface area contributed by atoms with Crippen LogP contribution in [0.3, 0.4) is 0 Å². The van der Waals surface area contributed by atoms with Gasteiger partial charge in [0.2, 0.25) is 0 Å². The highest BCUT2D eigenvalue weighted by molar-refractivity contribution is 5.44. The average Bonchev–Trinajstić information content (AvgIpc) is 2.38. The number of anilines is 1. The molecule has 0 bridgehead atoms. The number of rotatable bonds is 4. The standard InChI is InChI=1S/C11H16N4O2/c16-15(17)10-3-6-13-11(7-10)14-8-9-1-4-12-5-2-9/h3,6-7,9,12H,1-2,4-5,8H2,(H,13,14). The van der Waals surface area contributed by atoms with Crippen LogP contribution in [0.4, 0.5) is 11.5 Å². The van der Waals surface area contributed by atoms with Crippen molar-refractivity contribution in [2.75, 3.05) is 25.0 Å². The van der Waals surface area contributed by atoms with Crippen LogP contribution < -0.4 is 10.6 Å². The first-order chi connectivity index (χ1) is 8.25. The van der Waals surface area contributed by atoms with E-state index in [9.17, 15) is 10.1 Å². The molecule has 0 saturated carbocycles. The molecule has 1 aliphatic heterocycles. The fourth-order valence-electron chi connectivity index (χ4n) is 1.96. The molecule has 1 aliphatic rings. The molecule has 1 aromatic heterocycles. The molecule has 2 rings (SSSR count). The molecule has 0 aliphatic carbocycles. The van der Waals surface area contributed by atoms with Crippen LogP contribution >= 0.6 is 0 Å². The molecule has 17 heavy (non-hydrogen) atoms. The zero-order valence-corrected chi connectivity index (χ0v) is 9.56. The summed E-state index contributed by atoms with van der Waals surface area (Å²) >= 11 is 0. The molecule has 6 nitrogen and oxygen atoms in total. The van der Waals surface area contributed by atoms with Gasteiger partial charge < -0.3 is 10.6 Å². The summed E-state index contributed by atoms with van der Waals surface area (Å²) < 4.78 is 0. The Bertz CT molecular complexity index is 391. The molecule has 0 radical (unpaired) electrons. The number of nitrogens with one attached hydrogen (secondary N) is 2. The van der Waals surface area contributed by atoms with Crippen molar-refractivity contribution >= 4 is 11.5 Å². The van der Waals surface area contributed by atoms with E-state index < -0.39 is 4.92 Å². The number of nitro groups is 1. The number of hydrogen-bond donors (Lipinski definition) is 2. The molecular weight excluding hydrogens is 220 g/mol. The highest BCUT2D eigenvalue weighted by Gasteiger charge is 2.13. The van der Waals surface area contributed by atoms with Crippen molar-refractivity contribution < 1.29 is 4.92 Å². The van der Waals surface area contributed by atoms with E-state index in [0.29, 0.717) is 11.7 Å². The van der Waals surface area contributed by atoms with Crippen molar-refractivity contribution in [1.29, 1.82) is 0 Å². The maximum atomic E-state index is 10.6. The first-order valence-corrected chi connectivity index (χ1v) is 5.81. The fraction of sp³-hybridized carbons (Fsp3) is 0.545. The first-order valence-electron chi connectivity index (χ1n) is 5.81. The Morgan fingerprint density at radius 2 is 2.29 bits per heavy atom. The van der Waals surface area contributed by atoms with Crippen molar-refractivity contribution in [3.8, 4) is 0 Å². The fourth-order valence-corrected chi connectivity index (χ4v) is 1.96. The lowest BCUT2D eigenvalue weighted by Gasteiger charge is -2.22. The Balaban J connectivity index is 1.89. The third kappa shape index (κ3) is 3.39. The minimum atomic E-state index is -0.405. The minimum Gasteiger partial charge on any atom is -0.370 e. The SMILES string of the molecule is O=[N+]([O-])c1ccnc(NCC2CCNCC2)c1. The molecule has 0 atom stereocenters. The van der Waals surface area contributed by atoms with Gasteiger partial charge in [0.15, 0.2) is 0 Å². The normalized spacial score (nSPS) is 16.7. The number of piperidine rings is 1. The van der Waals surface area contributed by atoms with Crippen LogP contribution in [0.5, 0.6) is 0 Å². The summed E-state index contributed by atoms with van der Waals surface area (Å²) in [6, 6.07) is 2.87. The first kappa shape index (κ1) is 11.8. The lowest BCUT2D eigenvalue weighted by molar-refractivity contribution is -0.384. The van der Waals surface area contributed by atoms with E-state index in [-0.39, 0.29) is 5.69 Å². The highest BCUT2D eigenvalue weighted by atomic mass is 16.6. The van der Waals surface area contributed by atoms with Crippen LogP contribution in [0.25, 0.3) is 0 Å². The predicted molar refractivity (Wildman–Crippen MR) is 65.0 cm³/mol. The second kappa shape index (κ2) is 5.58. The maximum Gasteiger partial charge on any atom is 0.274 e. The van der Waals surface area contributed by atoms with E-state index in [1.165, 1.54) is 18.3 Å². The summed E-state index contributed by atoms with van der Waals surface area (Å²) in [6.07, 6.45) is 3.74. The van der Waals surface area contributed by atoms with Crippen molar-refractivity contribution in [1.82, 2.24) is 10.3 Å². The van der Waals surface area contributed by atoms with Crippen LogP contribution in [-0.4, -0.2) is 29.5 Å². The minimum absolute atomic E-state index is 0.0767. The molecule has 0 amide bonds. The molecule has 0 spiro atoms. The third-order valence-electron chi connectivity index (χ3n) is 2.98. The summed E-state index contributed by atoms with van der Waals surface area (Å²) in [4.78, 5) is 14.3. The number of nitrogens with zero attached hydrogens (tertiary/aromatic N) is 2. The Morgan fingerprint density at radius 1 is 1.53 bits per heavy atom. The highest BCUT2D eigenvalue weighted by Crippen LogP contribution is 2.16. The van der Waals surface area contributed by atoms with Crippen molar-refractivity contribution in [3.05, 3.63) is 28.4 Å². The smallest absolute Gasteiger partial charge is 0.274 e. The molecule has 1 fully saturated rings. The largest absolute Gasteiger partial charge is 0.370 e. The Morgan fingerprint density at radius 3 is 3.00 bits per heavy atom. The van der Waals surface area contributed by atoms with E-state index in [1.807, 2.05) is 0 Å². The Labute approximate surface area is 99.6 Å². The van der Waals surface area contributed by atoms with Crippen LogP contribution in [-0.2, 0) is 0 Å². The zero-order valence-electron chi connectivity index (χ0n) is 9.56. The zero-order chi connectivity index (χ0) is 12.1. The summed E-state index contributed by atoms with van der Waals surface area (Å²) in [5.74, 6) is 1.20. The Kier molecular flexibility index (Phi) is 3.87. The topological polar surface area (TPSA) is 80.1 Å². The van der Waals surface area contributed by atoms with Gasteiger partial charge in [0.1, 0.15) is 5.82 Å².